The Balaban J connectivity index is 1.63. The van der Waals surface area contributed by atoms with Crippen LogP contribution in [0.5, 0.6) is 17.2 Å². The molecule has 1 heterocycles. The van der Waals surface area contributed by atoms with Crippen LogP contribution in [-0.4, -0.2) is 56.4 Å². The molecular weight excluding hydrogens is 463 g/mol. The van der Waals surface area contributed by atoms with E-state index in [1.165, 1.54) is 39.5 Å². The Kier molecular flexibility index (Phi) is 8.31. The van der Waals surface area contributed by atoms with Gasteiger partial charge in [-0.15, -0.1) is 0 Å². The molecule has 0 radical (unpaired) electrons. The molecule has 34 heavy (non-hydrogen) atoms. The first-order chi connectivity index (χ1) is 16.4. The third-order valence-electron chi connectivity index (χ3n) is 4.81. The number of hydrogen-bond donors (Lipinski definition) is 1. The van der Waals surface area contributed by atoms with Crippen LogP contribution in [0.15, 0.2) is 47.4 Å². The van der Waals surface area contributed by atoms with Crippen molar-refractivity contribution in [1.29, 1.82) is 0 Å². The number of halogens is 1. The van der Waals surface area contributed by atoms with Crippen molar-refractivity contribution < 1.29 is 33.0 Å². The van der Waals surface area contributed by atoms with Crippen molar-refractivity contribution in [3.8, 4) is 17.2 Å². The second-order valence-corrected chi connectivity index (χ2v) is 7.93. The summed E-state index contributed by atoms with van der Waals surface area (Å²) in [7, 11) is 4.45. The van der Waals surface area contributed by atoms with Gasteiger partial charge in [-0.25, -0.2) is 4.39 Å². The van der Waals surface area contributed by atoms with Gasteiger partial charge in [0, 0.05) is 24.7 Å². The van der Waals surface area contributed by atoms with Gasteiger partial charge in [-0.2, -0.15) is 0 Å². The van der Waals surface area contributed by atoms with Crippen LogP contribution in [0.2, 0.25) is 0 Å². The molecule has 1 fully saturated rings. The van der Waals surface area contributed by atoms with E-state index in [9.17, 15) is 18.8 Å². The standard InChI is InChI=1S/C24H23FN2O6S/c1-31-18-12-15(13-19(32-2)22(18)33-3)14-20-23(29)27(24(30)34-20)11-10-26-21(28)9-8-16-6-4-5-7-17(16)25/h4-9,12-14H,10-11H2,1-3H3,(H,26,28)/b9-8+,20-14-. The van der Waals surface area contributed by atoms with Crippen molar-refractivity contribution in [2.75, 3.05) is 34.4 Å². The summed E-state index contributed by atoms with van der Waals surface area (Å²) in [6, 6.07) is 9.38. The van der Waals surface area contributed by atoms with E-state index >= 15 is 0 Å². The molecule has 178 valence electrons. The molecule has 2 aromatic carbocycles. The SMILES string of the molecule is COc1cc(/C=C2\SC(=O)N(CCNC(=O)/C=C/c3ccccc3F)C2=O)cc(OC)c1OC. The van der Waals surface area contributed by atoms with Crippen LogP contribution in [0.3, 0.4) is 0 Å². The fraction of sp³-hybridized carbons (Fsp3) is 0.208. The van der Waals surface area contributed by atoms with Crippen LogP contribution in [0.1, 0.15) is 11.1 Å². The minimum absolute atomic E-state index is 0.00343. The molecule has 1 N–H and O–H groups in total. The first-order valence-electron chi connectivity index (χ1n) is 10.1. The second-order valence-electron chi connectivity index (χ2n) is 6.94. The Hall–Kier alpha value is -3.79. The third-order valence-corrected chi connectivity index (χ3v) is 5.72. The fourth-order valence-electron chi connectivity index (χ4n) is 3.15. The van der Waals surface area contributed by atoms with Gasteiger partial charge in [-0.05, 0) is 47.7 Å². The maximum atomic E-state index is 13.6. The van der Waals surface area contributed by atoms with Crippen molar-refractivity contribution in [3.63, 3.8) is 0 Å². The van der Waals surface area contributed by atoms with E-state index in [0.29, 0.717) is 22.8 Å². The number of ether oxygens (including phenoxy) is 3. The lowest BCUT2D eigenvalue weighted by Gasteiger charge is -2.13. The summed E-state index contributed by atoms with van der Waals surface area (Å²) >= 11 is 0.799. The number of imide groups is 1. The van der Waals surface area contributed by atoms with E-state index < -0.39 is 22.9 Å². The van der Waals surface area contributed by atoms with Gasteiger partial charge in [0.25, 0.3) is 11.1 Å². The van der Waals surface area contributed by atoms with E-state index in [1.807, 2.05) is 0 Å². The zero-order valence-electron chi connectivity index (χ0n) is 18.8. The van der Waals surface area contributed by atoms with E-state index in [-0.39, 0.29) is 23.6 Å². The van der Waals surface area contributed by atoms with Crippen molar-refractivity contribution in [3.05, 3.63) is 64.3 Å². The average Bonchev–Trinajstić information content (AvgIpc) is 3.10. The molecule has 1 aliphatic rings. The van der Waals surface area contributed by atoms with Crippen LogP contribution in [0, 0.1) is 5.82 Å². The largest absolute Gasteiger partial charge is 0.493 e. The van der Waals surface area contributed by atoms with E-state index in [1.54, 1.807) is 36.4 Å². The van der Waals surface area contributed by atoms with Crippen molar-refractivity contribution in [2.24, 2.45) is 0 Å². The van der Waals surface area contributed by atoms with Crippen LogP contribution >= 0.6 is 11.8 Å². The number of rotatable bonds is 9. The average molecular weight is 487 g/mol. The fourth-order valence-corrected chi connectivity index (χ4v) is 4.02. The van der Waals surface area contributed by atoms with E-state index in [4.69, 9.17) is 14.2 Å². The van der Waals surface area contributed by atoms with Crippen LogP contribution in [0.4, 0.5) is 9.18 Å². The van der Waals surface area contributed by atoms with Gasteiger partial charge < -0.3 is 19.5 Å². The molecule has 3 amide bonds. The minimum Gasteiger partial charge on any atom is -0.493 e. The summed E-state index contributed by atoms with van der Waals surface area (Å²) in [5.74, 6) is -0.140. The topological polar surface area (TPSA) is 94.2 Å². The molecule has 0 atom stereocenters. The normalized spacial score (nSPS) is 14.7. The summed E-state index contributed by atoms with van der Waals surface area (Å²) in [6.45, 7) is 0.0481. The minimum atomic E-state index is -0.472. The monoisotopic (exact) mass is 486 g/mol. The van der Waals surface area contributed by atoms with Gasteiger partial charge >= 0.3 is 0 Å². The van der Waals surface area contributed by atoms with Crippen LogP contribution < -0.4 is 19.5 Å². The molecule has 0 saturated carbocycles. The third kappa shape index (κ3) is 5.76. The Morgan fingerprint density at radius 3 is 2.38 bits per heavy atom. The van der Waals surface area contributed by atoms with Gasteiger partial charge in [0.2, 0.25) is 11.7 Å². The molecule has 0 aliphatic carbocycles. The van der Waals surface area contributed by atoms with E-state index in [0.717, 1.165) is 16.7 Å². The summed E-state index contributed by atoms with van der Waals surface area (Å²) in [6.07, 6.45) is 4.10. The van der Waals surface area contributed by atoms with Crippen molar-refractivity contribution >= 4 is 41.0 Å². The number of benzene rings is 2. The summed E-state index contributed by atoms with van der Waals surface area (Å²) in [4.78, 5) is 38.3. The van der Waals surface area contributed by atoms with Crippen molar-refractivity contribution in [1.82, 2.24) is 10.2 Å². The number of methoxy groups -OCH3 is 3. The zero-order chi connectivity index (χ0) is 24.7. The molecule has 0 aromatic heterocycles. The smallest absolute Gasteiger partial charge is 0.293 e. The van der Waals surface area contributed by atoms with Gasteiger partial charge in [-0.1, -0.05) is 18.2 Å². The summed E-state index contributed by atoms with van der Waals surface area (Å²) in [5.41, 5.74) is 0.868. The first kappa shape index (κ1) is 24.8. The highest BCUT2D eigenvalue weighted by Gasteiger charge is 2.34. The van der Waals surface area contributed by atoms with Crippen LogP contribution in [-0.2, 0) is 9.59 Å². The van der Waals surface area contributed by atoms with Crippen LogP contribution in [0.25, 0.3) is 12.2 Å². The molecule has 0 unspecified atom stereocenters. The molecule has 1 saturated heterocycles. The quantitative estimate of drug-likeness (QED) is 0.540. The van der Waals surface area contributed by atoms with Gasteiger partial charge in [0.15, 0.2) is 11.5 Å². The highest BCUT2D eigenvalue weighted by molar-refractivity contribution is 8.18. The number of nitrogens with one attached hydrogen (secondary N) is 1. The zero-order valence-corrected chi connectivity index (χ0v) is 19.6. The Bertz CT molecular complexity index is 1140. The Morgan fingerprint density at radius 1 is 1.09 bits per heavy atom. The number of thioether (sulfide) groups is 1. The predicted molar refractivity (Wildman–Crippen MR) is 127 cm³/mol. The maximum absolute atomic E-state index is 13.6. The number of nitrogens with zero attached hydrogens (tertiary/aromatic N) is 1. The lowest BCUT2D eigenvalue weighted by Crippen LogP contribution is -2.36. The molecule has 0 bridgehead atoms. The van der Waals surface area contributed by atoms with Gasteiger partial charge in [0.1, 0.15) is 5.82 Å². The molecule has 8 nitrogen and oxygen atoms in total. The molecule has 10 heteroatoms. The second kappa shape index (κ2) is 11.4. The molecule has 3 rings (SSSR count). The molecule has 0 spiro atoms. The van der Waals surface area contributed by atoms with Gasteiger partial charge in [0.05, 0.1) is 26.2 Å². The van der Waals surface area contributed by atoms with E-state index in [2.05, 4.69) is 5.32 Å². The molecule has 1 aliphatic heterocycles. The maximum Gasteiger partial charge on any atom is 0.293 e. The summed E-state index contributed by atoms with van der Waals surface area (Å²) in [5, 5.41) is 2.13. The molecular formula is C24H23FN2O6S. The number of carbonyl (C=O) groups is 3. The Morgan fingerprint density at radius 2 is 1.76 bits per heavy atom. The highest BCUT2D eigenvalue weighted by atomic mass is 32.2. The van der Waals surface area contributed by atoms with Gasteiger partial charge in [-0.3, -0.25) is 19.3 Å². The first-order valence-corrected chi connectivity index (χ1v) is 11.0. The molecule has 2 aromatic rings. The number of hydrogen-bond acceptors (Lipinski definition) is 7. The number of carbonyl (C=O) groups excluding carboxylic acids is 3. The number of amides is 3. The Labute approximate surface area is 200 Å². The highest BCUT2D eigenvalue weighted by Crippen LogP contribution is 2.40. The van der Waals surface area contributed by atoms with Crippen molar-refractivity contribution in [2.45, 2.75) is 0 Å². The lowest BCUT2D eigenvalue weighted by molar-refractivity contribution is -0.123. The predicted octanol–water partition coefficient (Wildman–Crippen LogP) is 3.72. The summed E-state index contributed by atoms with van der Waals surface area (Å²) < 4.78 is 29.5. The lowest BCUT2D eigenvalue weighted by atomic mass is 10.1.